The summed E-state index contributed by atoms with van der Waals surface area (Å²) < 4.78 is 26.6. The van der Waals surface area contributed by atoms with Gasteiger partial charge >= 0.3 is 0 Å². The van der Waals surface area contributed by atoms with Crippen LogP contribution < -0.4 is 4.72 Å². The van der Waals surface area contributed by atoms with Crippen molar-refractivity contribution in [3.05, 3.63) is 54.6 Å². The Morgan fingerprint density at radius 2 is 2.00 bits per heavy atom. The molecular formula is C12H13N3O2S. The first kappa shape index (κ1) is 12.7. The second kappa shape index (κ2) is 5.24. The van der Waals surface area contributed by atoms with Crippen LogP contribution in [0.15, 0.2) is 53.8 Å². The Bertz CT molecular complexity index is 600. The van der Waals surface area contributed by atoms with Gasteiger partial charge in [0.2, 0.25) is 10.0 Å². The summed E-state index contributed by atoms with van der Waals surface area (Å²) in [5.74, 6) is 0. The summed E-state index contributed by atoms with van der Waals surface area (Å²) in [5, 5.41) is 0. The Hall–Kier alpha value is -1.79. The van der Waals surface area contributed by atoms with E-state index in [1.165, 1.54) is 18.5 Å². The number of rotatable bonds is 4. The summed E-state index contributed by atoms with van der Waals surface area (Å²) in [6.45, 7) is 1.75. The molecule has 0 radical (unpaired) electrons. The second-order valence-corrected chi connectivity index (χ2v) is 5.50. The molecule has 2 aromatic rings. The molecule has 0 spiro atoms. The van der Waals surface area contributed by atoms with Crippen LogP contribution in [0.4, 0.5) is 0 Å². The highest BCUT2D eigenvalue weighted by atomic mass is 32.2. The van der Waals surface area contributed by atoms with Gasteiger partial charge < -0.3 is 0 Å². The van der Waals surface area contributed by atoms with Crippen molar-refractivity contribution in [3.8, 4) is 0 Å². The first-order chi connectivity index (χ1) is 8.59. The molecule has 0 saturated heterocycles. The molecule has 0 aliphatic carbocycles. The summed E-state index contributed by atoms with van der Waals surface area (Å²) in [5.41, 5.74) is 0.671. The summed E-state index contributed by atoms with van der Waals surface area (Å²) in [6.07, 6.45) is 4.47. The highest BCUT2D eigenvalue weighted by Gasteiger charge is 2.18. The van der Waals surface area contributed by atoms with Gasteiger partial charge in [0.15, 0.2) is 0 Å². The van der Waals surface area contributed by atoms with E-state index in [2.05, 4.69) is 14.7 Å². The molecule has 0 aliphatic rings. The zero-order valence-electron chi connectivity index (χ0n) is 9.82. The number of nitrogens with zero attached hydrogens (tertiary/aromatic N) is 2. The van der Waals surface area contributed by atoms with Crippen LogP contribution >= 0.6 is 0 Å². The van der Waals surface area contributed by atoms with Crippen LogP contribution in [-0.2, 0) is 10.0 Å². The monoisotopic (exact) mass is 263 g/mol. The van der Waals surface area contributed by atoms with Crippen molar-refractivity contribution >= 4 is 10.0 Å². The fourth-order valence-corrected chi connectivity index (χ4v) is 2.68. The van der Waals surface area contributed by atoms with Gasteiger partial charge in [0.1, 0.15) is 4.90 Å². The van der Waals surface area contributed by atoms with Crippen molar-refractivity contribution in [2.24, 2.45) is 0 Å². The van der Waals surface area contributed by atoms with Gasteiger partial charge in [-0.15, -0.1) is 0 Å². The topological polar surface area (TPSA) is 72.0 Å². The summed E-state index contributed by atoms with van der Waals surface area (Å²) in [7, 11) is -3.56. The molecule has 5 nitrogen and oxygen atoms in total. The van der Waals surface area contributed by atoms with E-state index in [0.29, 0.717) is 5.69 Å². The molecule has 18 heavy (non-hydrogen) atoms. The molecule has 94 valence electrons. The van der Waals surface area contributed by atoms with Gasteiger partial charge in [-0.2, -0.15) is 0 Å². The fraction of sp³-hybridized carbons (Fsp3) is 0.167. The Balaban J connectivity index is 2.20. The molecule has 2 aromatic heterocycles. The number of aromatic nitrogens is 2. The van der Waals surface area contributed by atoms with Crippen LogP contribution in [0.25, 0.3) is 0 Å². The largest absolute Gasteiger partial charge is 0.263 e. The fourth-order valence-electron chi connectivity index (χ4n) is 1.50. The van der Waals surface area contributed by atoms with Gasteiger partial charge in [-0.3, -0.25) is 9.97 Å². The highest BCUT2D eigenvalue weighted by molar-refractivity contribution is 7.89. The predicted molar refractivity (Wildman–Crippen MR) is 67.2 cm³/mol. The molecule has 0 aliphatic heterocycles. The molecule has 0 unspecified atom stereocenters. The number of hydrogen-bond acceptors (Lipinski definition) is 4. The van der Waals surface area contributed by atoms with Gasteiger partial charge in [-0.25, -0.2) is 13.1 Å². The van der Waals surface area contributed by atoms with Crippen LogP contribution in [0, 0.1) is 0 Å². The lowest BCUT2D eigenvalue weighted by Crippen LogP contribution is -2.27. The average molecular weight is 263 g/mol. The van der Waals surface area contributed by atoms with E-state index in [9.17, 15) is 8.42 Å². The zero-order valence-corrected chi connectivity index (χ0v) is 10.6. The molecular weight excluding hydrogens is 250 g/mol. The molecule has 1 N–H and O–H groups in total. The van der Waals surface area contributed by atoms with Crippen LogP contribution in [0.2, 0.25) is 0 Å². The molecule has 1 atom stereocenters. The first-order valence-corrected chi connectivity index (χ1v) is 6.91. The summed E-state index contributed by atoms with van der Waals surface area (Å²) in [6, 6.07) is 8.07. The molecule has 0 fully saturated rings. The van der Waals surface area contributed by atoms with Crippen molar-refractivity contribution in [2.75, 3.05) is 0 Å². The minimum absolute atomic E-state index is 0.146. The predicted octanol–water partition coefficient (Wildman–Crippen LogP) is 1.52. The third-order valence-electron chi connectivity index (χ3n) is 2.41. The lowest BCUT2D eigenvalue weighted by atomic mass is 10.2. The number of nitrogens with one attached hydrogen (secondary N) is 1. The Labute approximate surface area is 106 Å². The number of hydrogen-bond donors (Lipinski definition) is 1. The number of pyridine rings is 2. The summed E-state index contributed by atoms with van der Waals surface area (Å²) >= 11 is 0. The van der Waals surface area contributed by atoms with Crippen LogP contribution in [0.1, 0.15) is 18.7 Å². The van der Waals surface area contributed by atoms with E-state index < -0.39 is 16.1 Å². The minimum atomic E-state index is -3.56. The lowest BCUT2D eigenvalue weighted by molar-refractivity contribution is 0.563. The maximum Gasteiger partial charge on any atom is 0.242 e. The standard InChI is InChI=1S/C12H13N3O2S/c1-10(12-6-2-3-8-14-12)15-18(16,17)11-5-4-7-13-9-11/h2-10,15H,1H3/t10-/m1/s1. The van der Waals surface area contributed by atoms with Crippen LogP contribution in [0.5, 0.6) is 0 Å². The minimum Gasteiger partial charge on any atom is -0.263 e. The van der Waals surface area contributed by atoms with Gasteiger partial charge in [0.05, 0.1) is 11.7 Å². The zero-order chi connectivity index (χ0) is 13.0. The van der Waals surface area contributed by atoms with E-state index >= 15 is 0 Å². The van der Waals surface area contributed by atoms with Gasteiger partial charge in [0.25, 0.3) is 0 Å². The molecule has 0 saturated carbocycles. The molecule has 0 bridgehead atoms. The molecule has 2 rings (SSSR count). The highest BCUT2D eigenvalue weighted by Crippen LogP contribution is 2.13. The van der Waals surface area contributed by atoms with Crippen LogP contribution in [0.3, 0.4) is 0 Å². The van der Waals surface area contributed by atoms with Crippen molar-refractivity contribution in [3.63, 3.8) is 0 Å². The van der Waals surface area contributed by atoms with E-state index in [1.54, 1.807) is 31.3 Å². The number of sulfonamides is 1. The summed E-state index contributed by atoms with van der Waals surface area (Å²) in [4.78, 5) is 8.06. The third kappa shape index (κ3) is 2.91. The lowest BCUT2D eigenvalue weighted by Gasteiger charge is -2.13. The van der Waals surface area contributed by atoms with Crippen molar-refractivity contribution < 1.29 is 8.42 Å². The molecule has 0 amide bonds. The molecule has 6 heteroatoms. The maximum absolute atomic E-state index is 12.0. The van der Waals surface area contributed by atoms with Crippen molar-refractivity contribution in [1.82, 2.24) is 14.7 Å². The Morgan fingerprint density at radius 1 is 1.17 bits per heavy atom. The van der Waals surface area contributed by atoms with Gasteiger partial charge in [-0.05, 0) is 31.2 Å². The SMILES string of the molecule is C[C@@H](NS(=O)(=O)c1cccnc1)c1ccccn1. The van der Waals surface area contributed by atoms with E-state index in [0.717, 1.165) is 0 Å². The average Bonchev–Trinajstić information content (AvgIpc) is 2.40. The molecule has 0 aromatic carbocycles. The van der Waals surface area contributed by atoms with Gasteiger partial charge in [-0.1, -0.05) is 6.07 Å². The molecule has 2 heterocycles. The third-order valence-corrected chi connectivity index (χ3v) is 3.93. The maximum atomic E-state index is 12.0. The van der Waals surface area contributed by atoms with E-state index in [-0.39, 0.29) is 4.90 Å². The van der Waals surface area contributed by atoms with E-state index in [4.69, 9.17) is 0 Å². The van der Waals surface area contributed by atoms with Gasteiger partial charge in [0, 0.05) is 18.6 Å². The van der Waals surface area contributed by atoms with Crippen molar-refractivity contribution in [1.29, 1.82) is 0 Å². The first-order valence-electron chi connectivity index (χ1n) is 5.43. The smallest absolute Gasteiger partial charge is 0.242 e. The van der Waals surface area contributed by atoms with Crippen LogP contribution in [-0.4, -0.2) is 18.4 Å². The van der Waals surface area contributed by atoms with E-state index in [1.807, 2.05) is 6.07 Å². The Kier molecular flexibility index (Phi) is 3.69. The van der Waals surface area contributed by atoms with Crippen molar-refractivity contribution in [2.45, 2.75) is 17.9 Å². The second-order valence-electron chi connectivity index (χ2n) is 3.79. The quantitative estimate of drug-likeness (QED) is 0.907. The Morgan fingerprint density at radius 3 is 2.61 bits per heavy atom. The normalized spacial score (nSPS) is 13.2.